The molecule has 1 aromatic carbocycles. The zero-order valence-corrected chi connectivity index (χ0v) is 17.0. The molecule has 0 fully saturated rings. The van der Waals surface area contributed by atoms with E-state index in [4.69, 9.17) is 4.74 Å². The standard InChI is InChI=1S/C19H15BrF2N4O3/c1-10-25-18(29-9-12-3-5-13(21)7-14(12)22)16(20)19(28)26(10)15-6-4-11(8-24-15)17(27)23-2/h3-8H,9H2,1-2H3,(H,23,27). The highest BCUT2D eigenvalue weighted by atomic mass is 79.9. The lowest BCUT2D eigenvalue weighted by molar-refractivity contribution is 0.0962. The van der Waals surface area contributed by atoms with Crippen LogP contribution in [0.25, 0.3) is 5.82 Å². The van der Waals surface area contributed by atoms with E-state index in [1.165, 1.54) is 36.0 Å². The van der Waals surface area contributed by atoms with E-state index in [1.807, 2.05) is 0 Å². The van der Waals surface area contributed by atoms with Crippen molar-refractivity contribution in [1.29, 1.82) is 0 Å². The number of benzene rings is 1. The quantitative estimate of drug-likeness (QED) is 0.627. The van der Waals surface area contributed by atoms with E-state index in [9.17, 15) is 18.4 Å². The SMILES string of the molecule is CNC(=O)c1ccc(-n2c(C)nc(OCc3ccc(F)cc3F)c(Br)c2=O)nc1. The average molecular weight is 465 g/mol. The number of aromatic nitrogens is 3. The Bertz CT molecular complexity index is 1130. The Labute approximate surface area is 172 Å². The maximum Gasteiger partial charge on any atom is 0.277 e. The number of pyridine rings is 1. The van der Waals surface area contributed by atoms with Gasteiger partial charge in [-0.2, -0.15) is 4.98 Å². The van der Waals surface area contributed by atoms with Crippen LogP contribution in [0.15, 0.2) is 45.8 Å². The summed E-state index contributed by atoms with van der Waals surface area (Å²) < 4.78 is 33.5. The molecule has 2 heterocycles. The van der Waals surface area contributed by atoms with Gasteiger partial charge in [0.15, 0.2) is 0 Å². The van der Waals surface area contributed by atoms with Crippen molar-refractivity contribution >= 4 is 21.8 Å². The van der Waals surface area contributed by atoms with Crippen molar-refractivity contribution in [3.05, 3.63) is 79.9 Å². The zero-order chi connectivity index (χ0) is 21.1. The number of nitrogens with zero attached hydrogens (tertiary/aromatic N) is 3. The molecule has 0 atom stereocenters. The van der Waals surface area contributed by atoms with Gasteiger partial charge in [0, 0.05) is 24.9 Å². The molecule has 0 bridgehead atoms. The van der Waals surface area contributed by atoms with Gasteiger partial charge in [0.05, 0.1) is 5.56 Å². The number of halogens is 3. The Hall–Kier alpha value is -3.14. The second-order valence-electron chi connectivity index (χ2n) is 5.93. The highest BCUT2D eigenvalue weighted by Crippen LogP contribution is 2.22. The first-order chi connectivity index (χ1) is 13.8. The Kier molecular flexibility index (Phi) is 6.02. The normalized spacial score (nSPS) is 10.7. The lowest BCUT2D eigenvalue weighted by atomic mass is 10.2. The average Bonchev–Trinajstić information content (AvgIpc) is 2.70. The van der Waals surface area contributed by atoms with E-state index < -0.39 is 17.2 Å². The zero-order valence-electron chi connectivity index (χ0n) is 15.4. The van der Waals surface area contributed by atoms with Gasteiger partial charge in [-0.3, -0.25) is 9.59 Å². The Balaban J connectivity index is 1.90. The number of nitrogens with one attached hydrogen (secondary N) is 1. The van der Waals surface area contributed by atoms with Crippen LogP contribution >= 0.6 is 15.9 Å². The van der Waals surface area contributed by atoms with E-state index in [0.29, 0.717) is 5.56 Å². The minimum atomic E-state index is -0.758. The molecule has 150 valence electrons. The second-order valence-corrected chi connectivity index (χ2v) is 6.72. The number of carbonyl (C=O) groups excluding carboxylic acids is 1. The predicted octanol–water partition coefficient (Wildman–Crippen LogP) is 2.92. The van der Waals surface area contributed by atoms with E-state index in [0.717, 1.165) is 12.1 Å². The van der Waals surface area contributed by atoms with Crippen molar-refractivity contribution in [3.63, 3.8) is 0 Å². The summed E-state index contributed by atoms with van der Waals surface area (Å²) in [6.07, 6.45) is 1.34. The lowest BCUT2D eigenvalue weighted by Gasteiger charge is -2.13. The predicted molar refractivity (Wildman–Crippen MR) is 104 cm³/mol. The molecule has 0 saturated carbocycles. The molecule has 3 rings (SSSR count). The van der Waals surface area contributed by atoms with Crippen LogP contribution in [-0.4, -0.2) is 27.5 Å². The van der Waals surface area contributed by atoms with E-state index >= 15 is 0 Å². The Morgan fingerprint density at radius 2 is 2.03 bits per heavy atom. The third-order valence-electron chi connectivity index (χ3n) is 4.01. The van der Waals surface area contributed by atoms with Crippen molar-refractivity contribution in [2.75, 3.05) is 7.05 Å². The van der Waals surface area contributed by atoms with E-state index in [2.05, 4.69) is 31.2 Å². The maximum absolute atomic E-state index is 13.8. The van der Waals surface area contributed by atoms with Gasteiger partial charge in [0.2, 0.25) is 5.88 Å². The molecule has 0 radical (unpaired) electrons. The molecule has 7 nitrogen and oxygen atoms in total. The summed E-state index contributed by atoms with van der Waals surface area (Å²) in [6.45, 7) is 1.34. The number of rotatable bonds is 5. The summed E-state index contributed by atoms with van der Waals surface area (Å²) in [7, 11) is 1.50. The van der Waals surface area contributed by atoms with Crippen LogP contribution in [-0.2, 0) is 6.61 Å². The van der Waals surface area contributed by atoms with Gasteiger partial charge in [0.25, 0.3) is 11.5 Å². The molecule has 0 spiro atoms. The molecule has 0 saturated heterocycles. The highest BCUT2D eigenvalue weighted by Gasteiger charge is 2.17. The first kappa shape index (κ1) is 20.6. The van der Waals surface area contributed by atoms with Gasteiger partial charge >= 0.3 is 0 Å². The molecular formula is C19H15BrF2N4O3. The first-order valence-corrected chi connectivity index (χ1v) is 9.15. The van der Waals surface area contributed by atoms with Crippen molar-refractivity contribution in [2.24, 2.45) is 0 Å². The summed E-state index contributed by atoms with van der Waals surface area (Å²) >= 11 is 3.15. The van der Waals surface area contributed by atoms with Gasteiger partial charge < -0.3 is 10.1 Å². The highest BCUT2D eigenvalue weighted by molar-refractivity contribution is 9.10. The van der Waals surface area contributed by atoms with Crippen molar-refractivity contribution in [1.82, 2.24) is 19.9 Å². The molecular weight excluding hydrogens is 450 g/mol. The Morgan fingerprint density at radius 1 is 1.28 bits per heavy atom. The molecule has 0 aliphatic rings. The fraction of sp³-hybridized carbons (Fsp3) is 0.158. The van der Waals surface area contributed by atoms with Crippen molar-refractivity contribution in [3.8, 4) is 11.7 Å². The molecule has 29 heavy (non-hydrogen) atoms. The van der Waals surface area contributed by atoms with Crippen LogP contribution in [0.1, 0.15) is 21.7 Å². The van der Waals surface area contributed by atoms with E-state index in [-0.39, 0.29) is 40.1 Å². The topological polar surface area (TPSA) is 86.1 Å². The monoisotopic (exact) mass is 464 g/mol. The van der Waals surface area contributed by atoms with Crippen LogP contribution in [0.3, 0.4) is 0 Å². The summed E-state index contributed by atoms with van der Waals surface area (Å²) in [5, 5.41) is 2.48. The van der Waals surface area contributed by atoms with Crippen LogP contribution in [0.4, 0.5) is 8.78 Å². The molecule has 0 unspecified atom stereocenters. The van der Waals surface area contributed by atoms with Gasteiger partial charge in [-0.1, -0.05) is 0 Å². The summed E-state index contributed by atoms with van der Waals surface area (Å²) in [5.74, 6) is -1.25. The summed E-state index contributed by atoms with van der Waals surface area (Å²) in [6, 6.07) is 6.16. The third kappa shape index (κ3) is 4.32. The van der Waals surface area contributed by atoms with Crippen LogP contribution in [0.2, 0.25) is 0 Å². The number of ether oxygens (including phenoxy) is 1. The Morgan fingerprint density at radius 3 is 2.66 bits per heavy atom. The second kappa shape index (κ2) is 8.48. The number of amides is 1. The summed E-state index contributed by atoms with van der Waals surface area (Å²) in [4.78, 5) is 32.7. The molecule has 3 aromatic rings. The molecule has 0 aliphatic heterocycles. The number of aryl methyl sites for hydroxylation is 1. The summed E-state index contributed by atoms with van der Waals surface area (Å²) in [5.41, 5.74) is -0.0316. The van der Waals surface area contributed by atoms with Crippen LogP contribution in [0, 0.1) is 18.6 Å². The molecule has 1 N–H and O–H groups in total. The lowest BCUT2D eigenvalue weighted by Crippen LogP contribution is -2.25. The molecule has 1 amide bonds. The van der Waals surface area contributed by atoms with Gasteiger partial charge in [-0.15, -0.1) is 0 Å². The van der Waals surface area contributed by atoms with Crippen molar-refractivity contribution < 1.29 is 18.3 Å². The molecule has 10 heteroatoms. The van der Waals surface area contributed by atoms with Gasteiger partial charge in [0.1, 0.15) is 34.4 Å². The van der Waals surface area contributed by atoms with Crippen LogP contribution < -0.4 is 15.6 Å². The molecule has 2 aromatic heterocycles. The van der Waals surface area contributed by atoms with E-state index in [1.54, 1.807) is 6.92 Å². The van der Waals surface area contributed by atoms with Crippen LogP contribution in [0.5, 0.6) is 5.88 Å². The smallest absolute Gasteiger partial charge is 0.277 e. The number of hydrogen-bond acceptors (Lipinski definition) is 5. The minimum Gasteiger partial charge on any atom is -0.472 e. The largest absolute Gasteiger partial charge is 0.472 e. The fourth-order valence-corrected chi connectivity index (χ4v) is 2.91. The fourth-order valence-electron chi connectivity index (χ4n) is 2.53. The third-order valence-corrected chi connectivity index (χ3v) is 4.69. The maximum atomic E-state index is 13.8. The number of hydrogen-bond donors (Lipinski definition) is 1. The van der Waals surface area contributed by atoms with Gasteiger partial charge in [-0.05, 0) is 47.1 Å². The minimum absolute atomic E-state index is 0.0165. The molecule has 0 aliphatic carbocycles. The number of carbonyl (C=O) groups is 1. The first-order valence-electron chi connectivity index (χ1n) is 8.36. The van der Waals surface area contributed by atoms with Crippen molar-refractivity contribution in [2.45, 2.75) is 13.5 Å². The van der Waals surface area contributed by atoms with Gasteiger partial charge in [-0.25, -0.2) is 18.3 Å².